The van der Waals surface area contributed by atoms with Gasteiger partial charge in [0.1, 0.15) is 55.4 Å². The van der Waals surface area contributed by atoms with E-state index in [0.717, 1.165) is 57.8 Å². The molecule has 0 radical (unpaired) electrons. The first-order valence-electron chi connectivity index (χ1n) is 24.1. The Kier molecular flexibility index (Phi) is 34.2. The third-order valence-corrected chi connectivity index (χ3v) is 10.5. The predicted octanol–water partition coefficient (Wildman–Crippen LogP) is 6.15. The molecular weight excluding hydrogens is 877 g/mol. The highest BCUT2D eigenvalue weighted by Gasteiger charge is 2.47. The minimum Gasteiger partial charge on any atom is -0.462 e. The zero-order valence-electron chi connectivity index (χ0n) is 40.0. The van der Waals surface area contributed by atoms with Gasteiger partial charge in [0.25, 0.3) is 0 Å². The summed E-state index contributed by atoms with van der Waals surface area (Å²) in [5, 5.41) is 72.0. The first kappa shape index (κ1) is 60.0. The molecule has 7 N–H and O–H groups in total. The first-order valence-corrected chi connectivity index (χ1v) is 24.1. The van der Waals surface area contributed by atoms with Crippen LogP contribution in [0, 0.1) is 0 Å². The van der Waals surface area contributed by atoms with Crippen molar-refractivity contribution in [1.29, 1.82) is 0 Å². The molecule has 2 aliphatic rings. The van der Waals surface area contributed by atoms with Gasteiger partial charge < -0.3 is 64.2 Å². The molecule has 2 rings (SSSR count). The number of carbonyl (C=O) groups excluding carboxylic acids is 2. The van der Waals surface area contributed by atoms with E-state index in [0.29, 0.717) is 19.3 Å². The van der Waals surface area contributed by atoms with Crippen LogP contribution in [0.5, 0.6) is 0 Å². The van der Waals surface area contributed by atoms with Crippen LogP contribution in [0.25, 0.3) is 0 Å². The van der Waals surface area contributed by atoms with Crippen molar-refractivity contribution in [1.82, 2.24) is 0 Å². The number of aliphatic hydroxyl groups excluding tert-OH is 7. The van der Waals surface area contributed by atoms with Crippen LogP contribution >= 0.6 is 0 Å². The number of ether oxygens (including phenoxy) is 6. The Bertz CT molecular complexity index is 1640. The summed E-state index contributed by atoms with van der Waals surface area (Å²) < 4.78 is 33.3. The van der Waals surface area contributed by atoms with E-state index in [1.54, 1.807) is 6.08 Å². The standard InChI is InChI=1S/C53H80O15/c1-3-5-7-9-11-13-15-17-19-20-22-23-25-27-29-31-33-35-44(55)63-38-41(66-45(56)36-34-32-30-28-26-24-21-18-16-14-12-10-8-6-4-2)39-64-52-51(62)49(60)47(58)43(68-52)40-65-53-50(61)48(59)46(57)42(37-54)67-53/h5-8,11-14,17-19,21-23,26-29,32,34,41-43,46-54,57-62H,3-4,9-10,15-16,20,24-25,30-31,33,35-40H2,1-2H3/b7-5-,8-6-,13-11-,14-12-,19-17-,21-18-,23-22-,28-26-,29-27-,34-32-/t41-,42-,43-,46+,47+,48+,49+,50-,51-,52-,53+/m1/s1. The van der Waals surface area contributed by atoms with Gasteiger partial charge in [0.05, 0.1) is 26.2 Å². The van der Waals surface area contributed by atoms with Crippen molar-refractivity contribution in [3.8, 4) is 0 Å². The van der Waals surface area contributed by atoms with Crippen molar-refractivity contribution in [3.05, 3.63) is 122 Å². The zero-order chi connectivity index (χ0) is 49.6. The van der Waals surface area contributed by atoms with Gasteiger partial charge >= 0.3 is 11.9 Å². The molecule has 0 unspecified atom stereocenters. The smallest absolute Gasteiger partial charge is 0.310 e. The molecule has 2 fully saturated rings. The lowest BCUT2D eigenvalue weighted by molar-refractivity contribution is -0.332. The Balaban J connectivity index is 1.90. The number of allylic oxidation sites excluding steroid dienone is 19. The molecule has 15 heteroatoms. The Morgan fingerprint density at radius 2 is 0.897 bits per heavy atom. The SMILES string of the molecule is CC/C=C\C/C=C\C/C=C\C/C=C\C/C=C\CCCC(=O)OC[C@H](CO[C@@H]1O[C@H](CO[C@H]2O[C@H](CO)[C@H](O)[C@H](O)[C@H]2O)[C@H](O)[C@H](O)[C@H]1O)OC(=O)C/C=C\C/C=C\C/C=C\C/C=C\C/C=C\CC. The van der Waals surface area contributed by atoms with Crippen molar-refractivity contribution in [3.63, 3.8) is 0 Å². The molecule has 2 aliphatic heterocycles. The van der Waals surface area contributed by atoms with Crippen LogP contribution in [0.15, 0.2) is 122 Å². The molecule has 0 bridgehead atoms. The van der Waals surface area contributed by atoms with Gasteiger partial charge in [-0.15, -0.1) is 0 Å². The monoisotopic (exact) mass is 957 g/mol. The number of rotatable bonds is 34. The van der Waals surface area contributed by atoms with E-state index in [2.05, 4.69) is 98.9 Å². The van der Waals surface area contributed by atoms with Crippen molar-refractivity contribution in [2.45, 2.75) is 171 Å². The Labute approximate surface area is 403 Å². The molecule has 0 amide bonds. The van der Waals surface area contributed by atoms with Gasteiger partial charge in [-0.25, -0.2) is 0 Å². The van der Waals surface area contributed by atoms with Gasteiger partial charge in [0, 0.05) is 6.42 Å². The minimum absolute atomic E-state index is 0.0873. The number of hydrogen-bond donors (Lipinski definition) is 7. The average molecular weight is 957 g/mol. The summed E-state index contributed by atoms with van der Waals surface area (Å²) in [7, 11) is 0. The summed E-state index contributed by atoms with van der Waals surface area (Å²) in [5.74, 6) is -1.16. The van der Waals surface area contributed by atoms with E-state index < -0.39 is 99.3 Å². The van der Waals surface area contributed by atoms with Gasteiger partial charge in [-0.2, -0.15) is 0 Å². The third kappa shape index (κ3) is 26.6. The van der Waals surface area contributed by atoms with Crippen molar-refractivity contribution in [2.75, 3.05) is 26.4 Å². The highest BCUT2D eigenvalue weighted by atomic mass is 16.7. The molecule has 2 heterocycles. The summed E-state index contributed by atoms with van der Waals surface area (Å²) in [6.07, 6.45) is 34.1. The van der Waals surface area contributed by atoms with Crippen LogP contribution in [0.4, 0.5) is 0 Å². The van der Waals surface area contributed by atoms with Crippen molar-refractivity contribution in [2.24, 2.45) is 0 Å². The lowest BCUT2D eigenvalue weighted by Crippen LogP contribution is -2.61. The highest BCUT2D eigenvalue weighted by molar-refractivity contribution is 5.71. The molecule has 0 aromatic rings. The highest BCUT2D eigenvalue weighted by Crippen LogP contribution is 2.26. The summed E-state index contributed by atoms with van der Waals surface area (Å²) in [5.41, 5.74) is 0. The number of esters is 2. The number of unbranched alkanes of at least 4 members (excludes halogenated alkanes) is 1. The fourth-order valence-corrected chi connectivity index (χ4v) is 6.56. The summed E-state index contributed by atoms with van der Waals surface area (Å²) >= 11 is 0. The fraction of sp³-hybridized carbons (Fsp3) is 0.585. The Morgan fingerprint density at radius 3 is 1.37 bits per heavy atom. The molecule has 68 heavy (non-hydrogen) atoms. The van der Waals surface area contributed by atoms with E-state index in [-0.39, 0.29) is 19.4 Å². The van der Waals surface area contributed by atoms with Crippen molar-refractivity contribution < 1.29 is 73.8 Å². The minimum atomic E-state index is -1.80. The topological polar surface area (TPSA) is 231 Å². The molecule has 15 nitrogen and oxygen atoms in total. The van der Waals surface area contributed by atoms with Crippen LogP contribution < -0.4 is 0 Å². The predicted molar refractivity (Wildman–Crippen MR) is 261 cm³/mol. The maximum absolute atomic E-state index is 12.9. The molecule has 2 saturated heterocycles. The van der Waals surface area contributed by atoms with Gasteiger partial charge in [-0.3, -0.25) is 9.59 Å². The second-order valence-corrected chi connectivity index (χ2v) is 16.2. The van der Waals surface area contributed by atoms with E-state index in [1.165, 1.54) is 0 Å². The van der Waals surface area contributed by atoms with Crippen LogP contribution in [0.3, 0.4) is 0 Å². The molecule has 0 spiro atoms. The van der Waals surface area contributed by atoms with Gasteiger partial charge in [0.2, 0.25) is 0 Å². The van der Waals surface area contributed by atoms with Gasteiger partial charge in [-0.1, -0.05) is 135 Å². The van der Waals surface area contributed by atoms with E-state index >= 15 is 0 Å². The molecule has 0 saturated carbocycles. The van der Waals surface area contributed by atoms with E-state index in [1.807, 2.05) is 30.4 Å². The largest absolute Gasteiger partial charge is 0.462 e. The van der Waals surface area contributed by atoms with Gasteiger partial charge in [0.15, 0.2) is 18.7 Å². The second kappa shape index (κ2) is 38.7. The quantitative estimate of drug-likeness (QED) is 0.0218. The molecule has 0 aromatic heterocycles. The van der Waals surface area contributed by atoms with Crippen molar-refractivity contribution >= 4 is 11.9 Å². The van der Waals surface area contributed by atoms with E-state index in [9.17, 15) is 45.3 Å². The molecule has 11 atom stereocenters. The van der Waals surface area contributed by atoms with Crippen LogP contribution in [-0.2, 0) is 38.0 Å². The molecular formula is C53H80O15. The fourth-order valence-electron chi connectivity index (χ4n) is 6.56. The lowest BCUT2D eigenvalue weighted by atomic mass is 9.98. The van der Waals surface area contributed by atoms with E-state index in [4.69, 9.17) is 28.4 Å². The number of hydrogen-bond acceptors (Lipinski definition) is 15. The van der Waals surface area contributed by atoms with Crippen LogP contribution in [0.1, 0.15) is 104 Å². The number of aliphatic hydroxyl groups is 7. The number of carbonyl (C=O) groups is 2. The maximum Gasteiger partial charge on any atom is 0.310 e. The zero-order valence-corrected chi connectivity index (χ0v) is 40.0. The summed E-state index contributed by atoms with van der Waals surface area (Å²) in [6.45, 7) is 2.15. The lowest BCUT2D eigenvalue weighted by Gasteiger charge is -2.42. The van der Waals surface area contributed by atoms with Crippen LogP contribution in [-0.4, -0.2) is 142 Å². The molecule has 382 valence electrons. The summed E-state index contributed by atoms with van der Waals surface area (Å²) in [4.78, 5) is 25.6. The molecule has 0 aliphatic carbocycles. The Hall–Kier alpha value is -4.10. The van der Waals surface area contributed by atoms with Gasteiger partial charge in [-0.05, 0) is 77.0 Å². The Morgan fingerprint density at radius 1 is 0.485 bits per heavy atom. The third-order valence-electron chi connectivity index (χ3n) is 10.5. The molecule has 0 aromatic carbocycles. The first-order chi connectivity index (χ1) is 33.0. The maximum atomic E-state index is 12.9. The average Bonchev–Trinajstić information content (AvgIpc) is 3.33. The normalized spacial score (nSPS) is 26.8. The van der Waals surface area contributed by atoms with Crippen LogP contribution in [0.2, 0.25) is 0 Å². The second-order valence-electron chi connectivity index (χ2n) is 16.2. The summed E-state index contributed by atoms with van der Waals surface area (Å²) in [6, 6.07) is 0.